The molecule has 1 unspecified atom stereocenters. The van der Waals surface area contributed by atoms with Gasteiger partial charge in [-0.05, 0) is 55.2 Å². The van der Waals surface area contributed by atoms with Crippen LogP contribution in [0.5, 0.6) is 5.75 Å². The fourth-order valence-corrected chi connectivity index (χ4v) is 3.73. The standard InChI is InChI=1S/C26H26N2O3/c1-18-8-6-7-11-21(18)17-28-23-16-22(13-14-24(23)31-19(2)26(28)30)27-25(29)15-12-20-9-4-3-5-10-20/h3-11,13-14,16,19H,12,15,17H2,1-2H3,(H,27,29). The molecule has 1 aliphatic rings. The average Bonchev–Trinajstić information content (AvgIpc) is 2.78. The summed E-state index contributed by atoms with van der Waals surface area (Å²) in [6, 6.07) is 23.4. The molecular weight excluding hydrogens is 388 g/mol. The zero-order valence-corrected chi connectivity index (χ0v) is 17.8. The van der Waals surface area contributed by atoms with Crippen LogP contribution in [0, 0.1) is 6.92 Å². The number of carbonyl (C=O) groups is 2. The summed E-state index contributed by atoms with van der Waals surface area (Å²) in [4.78, 5) is 27.1. The van der Waals surface area contributed by atoms with E-state index < -0.39 is 6.10 Å². The van der Waals surface area contributed by atoms with E-state index in [1.54, 1.807) is 11.8 Å². The number of benzene rings is 3. The number of aryl methyl sites for hydroxylation is 2. The average molecular weight is 415 g/mol. The number of nitrogens with zero attached hydrogens (tertiary/aromatic N) is 1. The highest BCUT2D eigenvalue weighted by Crippen LogP contribution is 2.37. The van der Waals surface area contributed by atoms with Gasteiger partial charge in [-0.25, -0.2) is 0 Å². The lowest BCUT2D eigenvalue weighted by molar-refractivity contribution is -0.125. The molecule has 0 aromatic heterocycles. The highest BCUT2D eigenvalue weighted by Gasteiger charge is 2.32. The molecule has 5 heteroatoms. The van der Waals surface area contributed by atoms with E-state index >= 15 is 0 Å². The van der Waals surface area contributed by atoms with Crippen molar-refractivity contribution in [2.45, 2.75) is 39.3 Å². The lowest BCUT2D eigenvalue weighted by Crippen LogP contribution is -2.44. The van der Waals surface area contributed by atoms with Gasteiger partial charge in [-0.1, -0.05) is 54.6 Å². The van der Waals surface area contributed by atoms with Gasteiger partial charge in [0, 0.05) is 12.1 Å². The molecule has 0 fully saturated rings. The molecule has 1 heterocycles. The molecular formula is C26H26N2O3. The van der Waals surface area contributed by atoms with E-state index in [9.17, 15) is 9.59 Å². The van der Waals surface area contributed by atoms with E-state index in [2.05, 4.69) is 5.32 Å². The number of carbonyl (C=O) groups excluding carboxylic acids is 2. The van der Waals surface area contributed by atoms with Gasteiger partial charge in [-0.3, -0.25) is 9.59 Å². The van der Waals surface area contributed by atoms with Crippen molar-refractivity contribution in [3.8, 4) is 5.75 Å². The first-order chi connectivity index (χ1) is 15.0. The Balaban J connectivity index is 1.52. The van der Waals surface area contributed by atoms with Gasteiger partial charge >= 0.3 is 0 Å². The lowest BCUT2D eigenvalue weighted by Gasteiger charge is -2.33. The van der Waals surface area contributed by atoms with E-state index in [1.165, 1.54) is 0 Å². The van der Waals surface area contributed by atoms with Crippen molar-refractivity contribution in [3.05, 3.63) is 89.5 Å². The highest BCUT2D eigenvalue weighted by atomic mass is 16.5. The molecule has 0 bridgehead atoms. The summed E-state index contributed by atoms with van der Waals surface area (Å²) in [5, 5.41) is 2.95. The van der Waals surface area contributed by atoms with Crippen LogP contribution in [-0.2, 0) is 22.6 Å². The van der Waals surface area contributed by atoms with Crippen molar-refractivity contribution >= 4 is 23.2 Å². The summed E-state index contributed by atoms with van der Waals surface area (Å²) in [6.45, 7) is 4.25. The van der Waals surface area contributed by atoms with E-state index in [0.717, 1.165) is 16.7 Å². The van der Waals surface area contributed by atoms with Crippen LogP contribution in [0.1, 0.15) is 30.0 Å². The normalized spacial score (nSPS) is 15.2. The summed E-state index contributed by atoms with van der Waals surface area (Å²) >= 11 is 0. The first-order valence-corrected chi connectivity index (χ1v) is 10.5. The van der Waals surface area contributed by atoms with Crippen LogP contribution < -0.4 is 15.0 Å². The predicted octanol–water partition coefficient (Wildman–Crippen LogP) is 4.88. The Morgan fingerprint density at radius 3 is 2.55 bits per heavy atom. The number of ether oxygens (including phenoxy) is 1. The van der Waals surface area contributed by atoms with Gasteiger partial charge in [-0.15, -0.1) is 0 Å². The molecule has 3 aromatic rings. The van der Waals surface area contributed by atoms with Gasteiger partial charge in [0.15, 0.2) is 6.10 Å². The maximum atomic E-state index is 12.9. The molecule has 158 valence electrons. The van der Waals surface area contributed by atoms with Gasteiger partial charge in [0.25, 0.3) is 5.91 Å². The smallest absolute Gasteiger partial charge is 0.268 e. The molecule has 1 aliphatic heterocycles. The minimum absolute atomic E-state index is 0.0642. The quantitative estimate of drug-likeness (QED) is 0.625. The van der Waals surface area contributed by atoms with Gasteiger partial charge in [0.1, 0.15) is 5.75 Å². The molecule has 4 rings (SSSR count). The van der Waals surface area contributed by atoms with Crippen molar-refractivity contribution < 1.29 is 14.3 Å². The van der Waals surface area contributed by atoms with Crippen molar-refractivity contribution in [2.24, 2.45) is 0 Å². The first kappa shape index (κ1) is 20.7. The number of amides is 2. The van der Waals surface area contributed by atoms with E-state index in [0.29, 0.717) is 36.5 Å². The Bertz CT molecular complexity index is 1090. The summed E-state index contributed by atoms with van der Waals surface area (Å²) in [5.74, 6) is 0.483. The van der Waals surface area contributed by atoms with E-state index in [1.807, 2.05) is 79.7 Å². The Labute approximate surface area is 182 Å². The molecule has 2 amide bonds. The fraction of sp³-hybridized carbons (Fsp3) is 0.231. The third kappa shape index (κ3) is 4.77. The summed E-state index contributed by atoms with van der Waals surface area (Å²) in [6.07, 6.45) is 0.513. The van der Waals surface area contributed by atoms with Crippen LogP contribution in [0.4, 0.5) is 11.4 Å². The molecule has 1 N–H and O–H groups in total. The number of hydrogen-bond acceptors (Lipinski definition) is 3. The molecule has 0 aliphatic carbocycles. The van der Waals surface area contributed by atoms with Crippen LogP contribution in [0.3, 0.4) is 0 Å². The zero-order chi connectivity index (χ0) is 21.8. The summed E-state index contributed by atoms with van der Waals surface area (Å²) < 4.78 is 5.80. The van der Waals surface area contributed by atoms with Crippen molar-refractivity contribution in [3.63, 3.8) is 0 Å². The van der Waals surface area contributed by atoms with Gasteiger partial charge in [0.2, 0.25) is 5.91 Å². The van der Waals surface area contributed by atoms with Crippen molar-refractivity contribution in [1.29, 1.82) is 0 Å². The van der Waals surface area contributed by atoms with Crippen LogP contribution in [0.2, 0.25) is 0 Å². The van der Waals surface area contributed by atoms with Gasteiger partial charge in [0.05, 0.1) is 12.2 Å². The molecule has 5 nitrogen and oxygen atoms in total. The second-order valence-electron chi connectivity index (χ2n) is 7.83. The molecule has 3 aromatic carbocycles. The minimum atomic E-state index is -0.553. The first-order valence-electron chi connectivity index (χ1n) is 10.5. The van der Waals surface area contributed by atoms with Crippen LogP contribution in [-0.4, -0.2) is 17.9 Å². The number of rotatable bonds is 6. The molecule has 0 saturated heterocycles. The summed E-state index contributed by atoms with van der Waals surface area (Å²) in [5.41, 5.74) is 4.65. The number of hydrogen-bond donors (Lipinski definition) is 1. The topological polar surface area (TPSA) is 58.6 Å². The molecule has 0 saturated carbocycles. The van der Waals surface area contributed by atoms with Crippen LogP contribution in [0.15, 0.2) is 72.8 Å². The maximum Gasteiger partial charge on any atom is 0.268 e. The monoisotopic (exact) mass is 414 g/mol. The second kappa shape index (κ2) is 9.04. The Morgan fingerprint density at radius 2 is 1.77 bits per heavy atom. The van der Waals surface area contributed by atoms with Gasteiger partial charge < -0.3 is 15.0 Å². The van der Waals surface area contributed by atoms with Gasteiger partial charge in [-0.2, -0.15) is 0 Å². The Morgan fingerprint density at radius 1 is 1.03 bits per heavy atom. The molecule has 0 radical (unpaired) electrons. The second-order valence-corrected chi connectivity index (χ2v) is 7.83. The number of nitrogens with one attached hydrogen (secondary N) is 1. The number of fused-ring (bicyclic) bond motifs is 1. The van der Waals surface area contributed by atoms with Crippen molar-refractivity contribution in [2.75, 3.05) is 10.2 Å². The minimum Gasteiger partial charge on any atom is -0.479 e. The zero-order valence-electron chi connectivity index (χ0n) is 17.8. The third-order valence-electron chi connectivity index (χ3n) is 5.52. The molecule has 0 spiro atoms. The fourth-order valence-electron chi connectivity index (χ4n) is 3.73. The van der Waals surface area contributed by atoms with Crippen molar-refractivity contribution in [1.82, 2.24) is 0 Å². The Hall–Kier alpha value is -3.60. The van der Waals surface area contributed by atoms with Crippen LogP contribution in [0.25, 0.3) is 0 Å². The van der Waals surface area contributed by atoms with Crippen LogP contribution >= 0.6 is 0 Å². The SMILES string of the molecule is Cc1ccccc1CN1C(=O)C(C)Oc2ccc(NC(=O)CCc3ccccc3)cc21. The number of anilines is 2. The molecule has 1 atom stereocenters. The Kier molecular flexibility index (Phi) is 6.03. The predicted molar refractivity (Wildman–Crippen MR) is 122 cm³/mol. The lowest BCUT2D eigenvalue weighted by atomic mass is 10.1. The van der Waals surface area contributed by atoms with E-state index in [-0.39, 0.29) is 11.8 Å². The summed E-state index contributed by atoms with van der Waals surface area (Å²) in [7, 11) is 0. The molecule has 31 heavy (non-hydrogen) atoms. The maximum absolute atomic E-state index is 12.9. The third-order valence-corrected chi connectivity index (χ3v) is 5.52. The highest BCUT2D eigenvalue weighted by molar-refractivity contribution is 6.01. The van der Waals surface area contributed by atoms with E-state index in [4.69, 9.17) is 4.74 Å². The largest absolute Gasteiger partial charge is 0.479 e.